The van der Waals surface area contributed by atoms with Gasteiger partial charge in [-0.3, -0.25) is 0 Å². The van der Waals surface area contributed by atoms with Crippen molar-refractivity contribution < 1.29 is 0 Å². The summed E-state index contributed by atoms with van der Waals surface area (Å²) >= 11 is 1.78. The molecule has 0 aromatic carbocycles. The molecule has 0 unspecified atom stereocenters. The second-order valence-corrected chi connectivity index (χ2v) is 5.71. The highest BCUT2D eigenvalue weighted by molar-refractivity contribution is 7.11. The van der Waals surface area contributed by atoms with E-state index in [1.165, 1.54) is 35.4 Å². The quantitative estimate of drug-likeness (QED) is 0.626. The lowest BCUT2D eigenvalue weighted by molar-refractivity contribution is 0.625. The van der Waals surface area contributed by atoms with Gasteiger partial charge in [0.05, 0.1) is 6.54 Å². The molecule has 4 heteroatoms. The molecule has 0 spiro atoms. The van der Waals surface area contributed by atoms with Crippen LogP contribution in [0.2, 0.25) is 0 Å². The van der Waals surface area contributed by atoms with Gasteiger partial charge in [0.15, 0.2) is 5.96 Å². The summed E-state index contributed by atoms with van der Waals surface area (Å²) in [6.45, 7) is 2.81. The van der Waals surface area contributed by atoms with Gasteiger partial charge in [0.1, 0.15) is 0 Å². The van der Waals surface area contributed by atoms with Crippen LogP contribution in [0.3, 0.4) is 0 Å². The largest absolute Gasteiger partial charge is 0.370 e. The summed E-state index contributed by atoms with van der Waals surface area (Å²) in [6, 6.07) is 4.79. The van der Waals surface area contributed by atoms with Crippen LogP contribution in [0, 0.1) is 6.92 Å². The zero-order valence-corrected chi connectivity index (χ0v) is 10.5. The highest BCUT2D eigenvalue weighted by atomic mass is 32.1. The predicted molar refractivity (Wildman–Crippen MR) is 69.8 cm³/mol. The van der Waals surface area contributed by atoms with Gasteiger partial charge in [0.2, 0.25) is 0 Å². The van der Waals surface area contributed by atoms with Crippen molar-refractivity contribution in [1.82, 2.24) is 5.32 Å². The summed E-state index contributed by atoms with van der Waals surface area (Å²) in [7, 11) is 0. The maximum Gasteiger partial charge on any atom is 0.189 e. The van der Waals surface area contributed by atoms with Gasteiger partial charge in [-0.15, -0.1) is 11.3 Å². The molecule has 0 aliphatic heterocycles. The third-order valence-corrected chi connectivity index (χ3v) is 3.89. The number of nitrogens with one attached hydrogen (secondary N) is 1. The zero-order valence-electron chi connectivity index (χ0n) is 9.70. The van der Waals surface area contributed by atoms with Crippen molar-refractivity contribution in [2.45, 2.75) is 45.2 Å². The van der Waals surface area contributed by atoms with E-state index in [9.17, 15) is 0 Å². The Labute approximate surface area is 101 Å². The Bertz CT molecular complexity index is 364. The van der Waals surface area contributed by atoms with Crippen LogP contribution in [0.4, 0.5) is 0 Å². The Morgan fingerprint density at radius 3 is 2.88 bits per heavy atom. The summed E-state index contributed by atoms with van der Waals surface area (Å²) < 4.78 is 0. The van der Waals surface area contributed by atoms with Gasteiger partial charge in [-0.25, -0.2) is 4.99 Å². The molecule has 1 fully saturated rings. The molecular formula is C12H19N3S. The van der Waals surface area contributed by atoms with Crippen molar-refractivity contribution in [3.8, 4) is 0 Å². The van der Waals surface area contributed by atoms with E-state index in [1.807, 2.05) is 0 Å². The van der Waals surface area contributed by atoms with Gasteiger partial charge in [0, 0.05) is 15.8 Å². The number of thiophene rings is 1. The molecule has 3 N–H and O–H groups in total. The lowest BCUT2D eigenvalue weighted by Gasteiger charge is -2.11. The number of guanidine groups is 1. The molecule has 1 heterocycles. The van der Waals surface area contributed by atoms with Crippen LogP contribution in [0.15, 0.2) is 17.1 Å². The Morgan fingerprint density at radius 1 is 1.50 bits per heavy atom. The van der Waals surface area contributed by atoms with Gasteiger partial charge in [0.25, 0.3) is 0 Å². The monoisotopic (exact) mass is 237 g/mol. The molecule has 0 amide bonds. The highest BCUT2D eigenvalue weighted by Gasteiger charge is 2.14. The third-order valence-electron chi connectivity index (χ3n) is 2.91. The Hall–Kier alpha value is -1.03. The topological polar surface area (TPSA) is 50.4 Å². The molecule has 0 bridgehead atoms. The number of hydrogen-bond acceptors (Lipinski definition) is 2. The highest BCUT2D eigenvalue weighted by Crippen LogP contribution is 2.18. The molecule has 1 saturated carbocycles. The summed E-state index contributed by atoms with van der Waals surface area (Å²) in [5.74, 6) is 0.595. The molecule has 1 aliphatic carbocycles. The van der Waals surface area contributed by atoms with Crippen molar-refractivity contribution in [3.05, 3.63) is 21.9 Å². The van der Waals surface area contributed by atoms with Gasteiger partial charge >= 0.3 is 0 Å². The smallest absolute Gasteiger partial charge is 0.189 e. The second-order valence-electron chi connectivity index (χ2n) is 4.34. The van der Waals surface area contributed by atoms with E-state index in [0.29, 0.717) is 18.5 Å². The molecule has 16 heavy (non-hydrogen) atoms. The number of nitrogens with zero attached hydrogens (tertiary/aromatic N) is 1. The minimum atomic E-state index is 0.550. The Balaban J connectivity index is 1.81. The van der Waals surface area contributed by atoms with Gasteiger partial charge in [-0.2, -0.15) is 0 Å². The number of nitrogens with two attached hydrogens (primary N) is 1. The van der Waals surface area contributed by atoms with Crippen molar-refractivity contribution in [1.29, 1.82) is 0 Å². The molecule has 1 aromatic heterocycles. The second kappa shape index (κ2) is 5.34. The first-order valence-corrected chi connectivity index (χ1v) is 6.67. The van der Waals surface area contributed by atoms with Crippen LogP contribution >= 0.6 is 11.3 Å². The summed E-state index contributed by atoms with van der Waals surface area (Å²) in [5.41, 5.74) is 5.85. The molecule has 2 rings (SSSR count). The first-order valence-electron chi connectivity index (χ1n) is 5.86. The molecular weight excluding hydrogens is 218 g/mol. The predicted octanol–water partition coefficient (Wildman–Crippen LogP) is 2.40. The van der Waals surface area contributed by atoms with Crippen molar-refractivity contribution in [2.75, 3.05) is 0 Å². The van der Waals surface area contributed by atoms with Gasteiger partial charge in [-0.1, -0.05) is 12.8 Å². The first kappa shape index (κ1) is 11.5. The van der Waals surface area contributed by atoms with Crippen LogP contribution in [0.5, 0.6) is 0 Å². The Morgan fingerprint density at radius 2 is 2.25 bits per heavy atom. The lowest BCUT2D eigenvalue weighted by Crippen LogP contribution is -2.38. The van der Waals surface area contributed by atoms with Crippen LogP contribution in [-0.4, -0.2) is 12.0 Å². The maximum absolute atomic E-state index is 5.85. The summed E-state index contributed by atoms with van der Waals surface area (Å²) in [4.78, 5) is 6.96. The Kier molecular flexibility index (Phi) is 3.83. The van der Waals surface area contributed by atoms with Crippen LogP contribution < -0.4 is 11.1 Å². The standard InChI is InChI=1S/C12H19N3S/c1-9-6-7-11(16-9)8-14-12(13)15-10-4-2-3-5-10/h6-7,10H,2-5,8H2,1H3,(H3,13,14,15). The van der Waals surface area contributed by atoms with E-state index in [2.05, 4.69) is 29.4 Å². The SMILES string of the molecule is Cc1ccc(CN=C(N)NC2CCCC2)s1. The van der Waals surface area contributed by atoms with E-state index in [-0.39, 0.29) is 0 Å². The summed E-state index contributed by atoms with van der Waals surface area (Å²) in [6.07, 6.45) is 5.09. The number of aliphatic imine (C=N–C) groups is 1. The molecule has 0 saturated heterocycles. The lowest BCUT2D eigenvalue weighted by atomic mass is 10.2. The molecule has 1 aromatic rings. The van der Waals surface area contributed by atoms with E-state index in [1.54, 1.807) is 11.3 Å². The molecule has 3 nitrogen and oxygen atoms in total. The fourth-order valence-corrected chi connectivity index (χ4v) is 2.87. The van der Waals surface area contributed by atoms with Crippen molar-refractivity contribution >= 4 is 17.3 Å². The molecule has 1 aliphatic rings. The average Bonchev–Trinajstić information content (AvgIpc) is 2.87. The van der Waals surface area contributed by atoms with Crippen molar-refractivity contribution in [3.63, 3.8) is 0 Å². The normalized spacial score (nSPS) is 17.9. The van der Waals surface area contributed by atoms with Crippen LogP contribution in [0.25, 0.3) is 0 Å². The van der Waals surface area contributed by atoms with E-state index in [4.69, 9.17) is 5.73 Å². The molecule has 88 valence electrons. The number of hydrogen-bond donors (Lipinski definition) is 2. The average molecular weight is 237 g/mol. The van der Waals surface area contributed by atoms with Crippen molar-refractivity contribution in [2.24, 2.45) is 10.7 Å². The number of aryl methyl sites for hydroxylation is 1. The van der Waals surface area contributed by atoms with Crippen LogP contribution in [0.1, 0.15) is 35.4 Å². The molecule has 0 atom stereocenters. The van der Waals surface area contributed by atoms with E-state index >= 15 is 0 Å². The van der Waals surface area contributed by atoms with E-state index < -0.39 is 0 Å². The zero-order chi connectivity index (χ0) is 11.4. The fraction of sp³-hybridized carbons (Fsp3) is 0.583. The summed E-state index contributed by atoms with van der Waals surface area (Å²) in [5, 5.41) is 3.29. The minimum Gasteiger partial charge on any atom is -0.370 e. The molecule has 0 radical (unpaired) electrons. The van der Waals surface area contributed by atoms with E-state index in [0.717, 1.165) is 0 Å². The number of rotatable bonds is 3. The van der Waals surface area contributed by atoms with Gasteiger partial charge < -0.3 is 11.1 Å². The third kappa shape index (κ3) is 3.23. The van der Waals surface area contributed by atoms with Crippen LogP contribution in [-0.2, 0) is 6.54 Å². The fourth-order valence-electron chi connectivity index (χ4n) is 2.06. The maximum atomic E-state index is 5.85. The first-order chi connectivity index (χ1) is 7.74. The minimum absolute atomic E-state index is 0.550. The van der Waals surface area contributed by atoms with Gasteiger partial charge in [-0.05, 0) is 31.9 Å².